The quantitative estimate of drug-likeness (QED) is 0.650. The lowest BCUT2D eigenvalue weighted by Gasteiger charge is -2.06. The van der Waals surface area contributed by atoms with E-state index in [2.05, 4.69) is 11.9 Å². The van der Waals surface area contributed by atoms with E-state index in [1.54, 1.807) is 18.2 Å². The van der Waals surface area contributed by atoms with Crippen LogP contribution in [0.5, 0.6) is 5.75 Å². The Morgan fingerprint density at radius 3 is 3.00 bits per heavy atom. The van der Waals surface area contributed by atoms with Crippen LogP contribution in [0.25, 0.3) is 17.1 Å². The Kier molecular flexibility index (Phi) is 4.71. The number of benzene rings is 1. The molecule has 1 aromatic carbocycles. The van der Waals surface area contributed by atoms with Gasteiger partial charge in [-0.1, -0.05) is 13.3 Å². The highest BCUT2D eigenvalue weighted by molar-refractivity contribution is 5.83. The smallest absolute Gasteiger partial charge is 0.329 e. The minimum atomic E-state index is -1.13. The lowest BCUT2D eigenvalue weighted by molar-refractivity contribution is -0.131. The summed E-state index contributed by atoms with van der Waals surface area (Å²) in [5.41, 5.74) is 0.209. The van der Waals surface area contributed by atoms with Crippen LogP contribution < -0.4 is 10.3 Å². The zero-order valence-corrected chi connectivity index (χ0v) is 11.7. The van der Waals surface area contributed by atoms with E-state index in [1.165, 1.54) is 12.5 Å². The molecule has 21 heavy (non-hydrogen) atoms. The molecule has 6 nitrogen and oxygen atoms in total. The number of carboxylic acid groups (broad SMARTS) is 1. The number of fused-ring (bicyclic) bond motifs is 1. The van der Waals surface area contributed by atoms with Gasteiger partial charge < -0.3 is 9.84 Å². The normalized spacial score (nSPS) is 11.1. The van der Waals surface area contributed by atoms with Crippen molar-refractivity contribution in [2.45, 2.75) is 19.8 Å². The van der Waals surface area contributed by atoms with Crippen molar-refractivity contribution in [3.05, 3.63) is 41.0 Å². The SMILES string of the molecule is CCCCOc1ccc2ncn(C=CC(=O)O)c(=O)c2c1. The van der Waals surface area contributed by atoms with E-state index in [9.17, 15) is 9.59 Å². The van der Waals surface area contributed by atoms with Crippen molar-refractivity contribution < 1.29 is 14.6 Å². The molecule has 0 unspecified atom stereocenters. The van der Waals surface area contributed by atoms with Gasteiger partial charge in [0.2, 0.25) is 0 Å². The van der Waals surface area contributed by atoms with Gasteiger partial charge in [-0.05, 0) is 24.6 Å². The Bertz CT molecular complexity index is 734. The maximum Gasteiger partial charge on any atom is 0.329 e. The van der Waals surface area contributed by atoms with E-state index in [0.29, 0.717) is 23.3 Å². The lowest BCUT2D eigenvalue weighted by Crippen LogP contribution is -2.16. The highest BCUT2D eigenvalue weighted by atomic mass is 16.5. The van der Waals surface area contributed by atoms with Crippen molar-refractivity contribution in [3.8, 4) is 5.75 Å². The summed E-state index contributed by atoms with van der Waals surface area (Å²) < 4.78 is 6.69. The molecule has 0 saturated heterocycles. The van der Waals surface area contributed by atoms with Gasteiger partial charge in [-0.15, -0.1) is 0 Å². The first-order valence-electron chi connectivity index (χ1n) is 6.66. The van der Waals surface area contributed by atoms with E-state index < -0.39 is 5.97 Å². The molecule has 0 spiro atoms. The van der Waals surface area contributed by atoms with Crippen molar-refractivity contribution in [2.24, 2.45) is 0 Å². The molecule has 1 aromatic heterocycles. The highest BCUT2D eigenvalue weighted by Crippen LogP contribution is 2.16. The summed E-state index contributed by atoms with van der Waals surface area (Å²) in [6, 6.07) is 5.11. The number of hydrogen-bond acceptors (Lipinski definition) is 4. The van der Waals surface area contributed by atoms with Gasteiger partial charge in [0.1, 0.15) is 12.1 Å². The molecule has 0 radical (unpaired) electrons. The molecule has 0 atom stereocenters. The molecule has 0 amide bonds. The van der Waals surface area contributed by atoms with Crippen LogP contribution in [0.1, 0.15) is 19.8 Å². The predicted octanol–water partition coefficient (Wildman–Crippen LogP) is 2.13. The standard InChI is InChI=1S/C15H16N2O4/c1-2-3-8-21-11-4-5-13-12(9-11)15(20)17(10-16-13)7-6-14(18)19/h4-7,9-10H,2-3,8H2,1H3,(H,18,19). The maximum absolute atomic E-state index is 12.2. The third-order valence-corrected chi connectivity index (χ3v) is 2.90. The van der Waals surface area contributed by atoms with Crippen LogP contribution >= 0.6 is 0 Å². The number of unbranched alkanes of at least 4 members (excludes halogenated alkanes) is 1. The van der Waals surface area contributed by atoms with Crippen LogP contribution in [0.3, 0.4) is 0 Å². The van der Waals surface area contributed by atoms with Gasteiger partial charge in [-0.3, -0.25) is 9.36 Å². The second kappa shape index (κ2) is 6.69. The summed E-state index contributed by atoms with van der Waals surface area (Å²) in [4.78, 5) is 26.9. The Balaban J connectivity index is 2.37. The van der Waals surface area contributed by atoms with Gasteiger partial charge in [0.05, 0.1) is 17.5 Å². The molecular weight excluding hydrogens is 272 g/mol. The van der Waals surface area contributed by atoms with Crippen molar-refractivity contribution in [2.75, 3.05) is 6.61 Å². The Labute approximate surface area is 121 Å². The van der Waals surface area contributed by atoms with E-state index in [0.717, 1.165) is 23.5 Å². The fraction of sp³-hybridized carbons (Fsp3) is 0.267. The summed E-state index contributed by atoms with van der Waals surface area (Å²) in [5, 5.41) is 8.99. The number of aliphatic carboxylic acids is 1. The summed E-state index contributed by atoms with van der Waals surface area (Å²) >= 11 is 0. The van der Waals surface area contributed by atoms with Gasteiger partial charge in [-0.2, -0.15) is 0 Å². The van der Waals surface area contributed by atoms with E-state index in [4.69, 9.17) is 9.84 Å². The third-order valence-electron chi connectivity index (χ3n) is 2.90. The average Bonchev–Trinajstić information content (AvgIpc) is 2.47. The molecule has 0 aliphatic heterocycles. The molecule has 0 aliphatic carbocycles. The van der Waals surface area contributed by atoms with Gasteiger partial charge >= 0.3 is 5.97 Å². The summed E-state index contributed by atoms with van der Waals surface area (Å²) in [6.07, 6.45) is 5.32. The monoisotopic (exact) mass is 288 g/mol. The number of aromatic nitrogens is 2. The van der Waals surface area contributed by atoms with E-state index in [-0.39, 0.29) is 5.56 Å². The number of ether oxygens (including phenoxy) is 1. The van der Waals surface area contributed by atoms with E-state index in [1.807, 2.05) is 0 Å². The van der Waals surface area contributed by atoms with Crippen LogP contribution in [0.2, 0.25) is 0 Å². The Hall–Kier alpha value is -2.63. The molecule has 2 rings (SSSR count). The van der Waals surface area contributed by atoms with Crippen molar-refractivity contribution in [1.82, 2.24) is 9.55 Å². The molecule has 2 aromatic rings. The largest absolute Gasteiger partial charge is 0.494 e. The summed E-state index contributed by atoms with van der Waals surface area (Å²) in [5.74, 6) is -0.520. The first-order valence-corrected chi connectivity index (χ1v) is 6.66. The maximum atomic E-state index is 12.2. The molecule has 1 heterocycles. The van der Waals surface area contributed by atoms with E-state index >= 15 is 0 Å². The predicted molar refractivity (Wildman–Crippen MR) is 79.4 cm³/mol. The minimum Gasteiger partial charge on any atom is -0.494 e. The zero-order valence-electron chi connectivity index (χ0n) is 11.7. The molecule has 1 N–H and O–H groups in total. The number of nitrogens with zero attached hydrogens (tertiary/aromatic N) is 2. The van der Waals surface area contributed by atoms with Crippen LogP contribution in [0.4, 0.5) is 0 Å². The van der Waals surface area contributed by atoms with Crippen LogP contribution in [-0.2, 0) is 4.79 Å². The first kappa shape index (κ1) is 14.8. The molecule has 110 valence electrons. The van der Waals surface area contributed by atoms with Crippen LogP contribution in [-0.4, -0.2) is 27.2 Å². The second-order valence-electron chi connectivity index (χ2n) is 4.49. The lowest BCUT2D eigenvalue weighted by atomic mass is 10.2. The molecule has 0 aliphatic rings. The fourth-order valence-corrected chi connectivity index (χ4v) is 1.79. The van der Waals surface area contributed by atoms with Gasteiger partial charge in [0.25, 0.3) is 5.56 Å². The average molecular weight is 288 g/mol. The summed E-state index contributed by atoms with van der Waals surface area (Å²) in [6.45, 7) is 2.66. The topological polar surface area (TPSA) is 81.4 Å². The van der Waals surface area contributed by atoms with Crippen molar-refractivity contribution in [1.29, 1.82) is 0 Å². The molecule has 6 heteroatoms. The number of carboxylic acids is 1. The molecule has 0 fully saturated rings. The van der Waals surface area contributed by atoms with Crippen molar-refractivity contribution >= 4 is 23.1 Å². The number of hydrogen-bond donors (Lipinski definition) is 1. The first-order chi connectivity index (χ1) is 10.1. The molecule has 0 bridgehead atoms. The Morgan fingerprint density at radius 1 is 1.48 bits per heavy atom. The molecule has 0 saturated carbocycles. The van der Waals surface area contributed by atoms with Gasteiger partial charge in [0.15, 0.2) is 0 Å². The number of carbonyl (C=O) groups is 1. The Morgan fingerprint density at radius 2 is 2.29 bits per heavy atom. The third kappa shape index (κ3) is 3.68. The zero-order chi connectivity index (χ0) is 15.2. The van der Waals surface area contributed by atoms with Crippen LogP contribution in [0, 0.1) is 0 Å². The minimum absolute atomic E-state index is 0.335. The van der Waals surface area contributed by atoms with Crippen LogP contribution in [0.15, 0.2) is 35.4 Å². The second-order valence-corrected chi connectivity index (χ2v) is 4.49. The fourth-order valence-electron chi connectivity index (χ4n) is 1.79. The number of rotatable bonds is 6. The highest BCUT2D eigenvalue weighted by Gasteiger charge is 2.05. The van der Waals surface area contributed by atoms with Gasteiger partial charge in [0, 0.05) is 12.3 Å². The van der Waals surface area contributed by atoms with Gasteiger partial charge in [-0.25, -0.2) is 9.78 Å². The van der Waals surface area contributed by atoms with Crippen molar-refractivity contribution in [3.63, 3.8) is 0 Å². The summed E-state index contributed by atoms with van der Waals surface area (Å²) in [7, 11) is 0. The molecular formula is C15H16N2O4.